The Hall–Kier alpha value is -1.90. The zero-order valence-electron chi connectivity index (χ0n) is 10.8. The van der Waals surface area contributed by atoms with Gasteiger partial charge < -0.3 is 15.2 Å². The van der Waals surface area contributed by atoms with Crippen LogP contribution in [-0.4, -0.2) is 58.7 Å². The molecule has 0 atom stereocenters. The molecule has 0 unspecified atom stereocenters. The van der Waals surface area contributed by atoms with Crippen molar-refractivity contribution in [3.63, 3.8) is 0 Å². The quantitative estimate of drug-likeness (QED) is 0.212. The molecule has 0 aromatic carbocycles. The Labute approximate surface area is 110 Å². The van der Waals surface area contributed by atoms with Crippen molar-refractivity contribution in [3.05, 3.63) is 5.21 Å². The molecule has 9 nitrogen and oxygen atoms in total. The minimum Gasteiger partial charge on any atom is -0.569 e. The van der Waals surface area contributed by atoms with E-state index < -0.39 is 0 Å². The standard InChI is InChI=1S/C10H18N4O5/c1-12(6-2-3-7-15)14(18)11-19-8-13-9(16)4-5-10(13)17/h15H,2-8H2,1H3. The lowest BCUT2D eigenvalue weighted by atomic mass is 10.3. The lowest BCUT2D eigenvalue weighted by molar-refractivity contribution is -0.705. The first-order chi connectivity index (χ1) is 9.06. The summed E-state index contributed by atoms with van der Waals surface area (Å²) in [6.45, 7) is 0.138. The number of amides is 2. The summed E-state index contributed by atoms with van der Waals surface area (Å²) in [5.41, 5.74) is 0. The van der Waals surface area contributed by atoms with Crippen LogP contribution >= 0.6 is 0 Å². The van der Waals surface area contributed by atoms with E-state index in [4.69, 9.17) is 5.11 Å². The van der Waals surface area contributed by atoms with E-state index in [0.29, 0.717) is 19.4 Å². The number of carbonyl (C=O) groups is 2. The Morgan fingerprint density at radius 2 is 2.05 bits per heavy atom. The van der Waals surface area contributed by atoms with Gasteiger partial charge in [0.2, 0.25) is 23.8 Å². The van der Waals surface area contributed by atoms with Gasteiger partial charge in [-0.2, -0.15) is 0 Å². The summed E-state index contributed by atoms with van der Waals surface area (Å²) >= 11 is 0. The molecule has 0 aromatic rings. The van der Waals surface area contributed by atoms with Crippen LogP contribution in [0.15, 0.2) is 5.28 Å². The van der Waals surface area contributed by atoms with E-state index in [1.807, 2.05) is 0 Å². The van der Waals surface area contributed by atoms with Gasteiger partial charge >= 0.3 is 0 Å². The fourth-order valence-electron chi connectivity index (χ4n) is 1.50. The third kappa shape index (κ3) is 4.70. The van der Waals surface area contributed by atoms with Crippen LogP contribution in [-0.2, 0) is 14.4 Å². The predicted octanol–water partition coefficient (Wildman–Crippen LogP) is -0.394. The minimum absolute atomic E-state index is 0.0690. The first-order valence-corrected chi connectivity index (χ1v) is 6.01. The van der Waals surface area contributed by atoms with Gasteiger partial charge in [0.25, 0.3) is 0 Å². The van der Waals surface area contributed by atoms with E-state index in [0.717, 1.165) is 4.90 Å². The van der Waals surface area contributed by atoms with Crippen LogP contribution in [0.3, 0.4) is 0 Å². The summed E-state index contributed by atoms with van der Waals surface area (Å²) in [7, 11) is 1.52. The highest BCUT2D eigenvalue weighted by molar-refractivity contribution is 6.01. The SMILES string of the molecule is CN(CCCCO)[N+]([O-])=NOCN1C(=O)CCC1=O. The van der Waals surface area contributed by atoms with Crippen molar-refractivity contribution in [2.24, 2.45) is 5.28 Å². The van der Waals surface area contributed by atoms with Crippen LogP contribution in [0.4, 0.5) is 0 Å². The summed E-state index contributed by atoms with van der Waals surface area (Å²) in [6.07, 6.45) is 1.58. The average Bonchev–Trinajstić information content (AvgIpc) is 2.70. The van der Waals surface area contributed by atoms with Gasteiger partial charge in [-0.15, -0.1) is 5.01 Å². The molecule has 1 aliphatic heterocycles. The van der Waals surface area contributed by atoms with Crippen molar-refractivity contribution in [2.45, 2.75) is 25.7 Å². The molecule has 19 heavy (non-hydrogen) atoms. The highest BCUT2D eigenvalue weighted by Crippen LogP contribution is 2.11. The topological polar surface area (TPSA) is 109 Å². The Kier molecular flexibility index (Phi) is 6.00. The lowest BCUT2D eigenvalue weighted by Crippen LogP contribution is -2.32. The summed E-state index contributed by atoms with van der Waals surface area (Å²) in [5, 5.41) is 24.5. The monoisotopic (exact) mass is 274 g/mol. The lowest BCUT2D eigenvalue weighted by Gasteiger charge is -2.13. The molecule has 2 amide bonds. The highest BCUT2D eigenvalue weighted by Gasteiger charge is 2.29. The Morgan fingerprint density at radius 1 is 1.42 bits per heavy atom. The maximum atomic E-state index is 11.4. The van der Waals surface area contributed by atoms with Gasteiger partial charge in [0.05, 0.1) is 18.6 Å². The number of nitrogens with zero attached hydrogens (tertiary/aromatic N) is 4. The van der Waals surface area contributed by atoms with Gasteiger partial charge in [-0.25, -0.2) is 4.90 Å². The van der Waals surface area contributed by atoms with Gasteiger partial charge in [0.15, 0.2) is 0 Å². The van der Waals surface area contributed by atoms with Crippen molar-refractivity contribution in [3.8, 4) is 0 Å². The minimum atomic E-state index is -0.346. The van der Waals surface area contributed by atoms with E-state index in [-0.39, 0.29) is 43.0 Å². The van der Waals surface area contributed by atoms with Crippen LogP contribution in [0.25, 0.3) is 0 Å². The highest BCUT2D eigenvalue weighted by atomic mass is 16.7. The average molecular weight is 274 g/mol. The van der Waals surface area contributed by atoms with Crippen LogP contribution in [0.1, 0.15) is 25.7 Å². The number of likely N-dealkylation sites (tertiary alicyclic amines) is 1. The van der Waals surface area contributed by atoms with Gasteiger partial charge in [-0.3, -0.25) is 9.59 Å². The number of hydrogen-bond acceptors (Lipinski definition) is 6. The van der Waals surface area contributed by atoms with Crippen LogP contribution < -0.4 is 0 Å². The molecule has 108 valence electrons. The Bertz CT molecular complexity index is 344. The molecule has 0 radical (unpaired) electrons. The number of hydrogen-bond donors (Lipinski definition) is 1. The van der Waals surface area contributed by atoms with Gasteiger partial charge in [-0.1, -0.05) is 0 Å². The number of carbonyl (C=O) groups excluding carboxylic acids is 2. The normalized spacial score (nSPS) is 16.1. The van der Waals surface area contributed by atoms with Crippen molar-refractivity contribution in [1.29, 1.82) is 0 Å². The molecule has 1 saturated heterocycles. The number of unbranched alkanes of at least 4 members (excludes halogenated alkanes) is 1. The van der Waals surface area contributed by atoms with E-state index >= 15 is 0 Å². The van der Waals surface area contributed by atoms with E-state index in [1.54, 1.807) is 0 Å². The number of aliphatic hydroxyl groups excluding tert-OH is 1. The Balaban J connectivity index is 2.30. The number of rotatable bonds is 8. The first kappa shape index (κ1) is 15.2. The number of imide groups is 1. The van der Waals surface area contributed by atoms with E-state index in [2.05, 4.69) is 10.1 Å². The number of aliphatic hydroxyl groups is 1. The smallest absolute Gasteiger partial charge is 0.235 e. The molecule has 1 N–H and O–H groups in total. The summed E-state index contributed by atoms with van der Waals surface area (Å²) in [4.78, 5) is 28.3. The Morgan fingerprint density at radius 3 is 2.63 bits per heavy atom. The molecule has 0 saturated carbocycles. The molecule has 9 heteroatoms. The maximum Gasteiger partial charge on any atom is 0.235 e. The van der Waals surface area contributed by atoms with Gasteiger partial charge in [0.1, 0.15) is 0 Å². The second kappa shape index (κ2) is 7.52. The first-order valence-electron chi connectivity index (χ1n) is 6.01. The molecular formula is C10H18N4O5. The summed E-state index contributed by atoms with van der Waals surface area (Å²) in [6, 6.07) is 0. The van der Waals surface area contributed by atoms with Gasteiger partial charge in [0, 0.05) is 19.4 Å². The molecule has 1 rings (SSSR count). The van der Waals surface area contributed by atoms with Crippen molar-refractivity contribution in [2.75, 3.05) is 26.9 Å². The van der Waals surface area contributed by atoms with Crippen molar-refractivity contribution >= 4 is 11.8 Å². The molecule has 0 aliphatic carbocycles. The molecule has 0 spiro atoms. The molecule has 0 aromatic heterocycles. The number of hydrazine groups is 1. The molecule has 1 heterocycles. The van der Waals surface area contributed by atoms with E-state index in [9.17, 15) is 14.8 Å². The largest absolute Gasteiger partial charge is 0.569 e. The van der Waals surface area contributed by atoms with Crippen molar-refractivity contribution in [1.82, 2.24) is 9.91 Å². The van der Waals surface area contributed by atoms with Gasteiger partial charge in [-0.05, 0) is 12.8 Å². The third-order valence-corrected chi connectivity index (χ3v) is 2.65. The fourth-order valence-corrected chi connectivity index (χ4v) is 1.50. The fraction of sp³-hybridized carbons (Fsp3) is 0.800. The second-order valence-electron chi connectivity index (χ2n) is 4.12. The molecule has 0 bridgehead atoms. The maximum absolute atomic E-state index is 11.4. The molecule has 1 aliphatic rings. The van der Waals surface area contributed by atoms with Crippen molar-refractivity contribution < 1.29 is 24.5 Å². The predicted molar refractivity (Wildman–Crippen MR) is 62.0 cm³/mol. The summed E-state index contributed by atoms with van der Waals surface area (Å²) < 4.78 is 0. The second-order valence-corrected chi connectivity index (χ2v) is 4.12. The van der Waals surface area contributed by atoms with E-state index in [1.165, 1.54) is 12.1 Å². The zero-order chi connectivity index (χ0) is 14.3. The third-order valence-electron chi connectivity index (χ3n) is 2.65. The molecule has 1 fully saturated rings. The van der Waals surface area contributed by atoms with Crippen LogP contribution in [0, 0.1) is 5.21 Å². The van der Waals surface area contributed by atoms with Crippen LogP contribution in [0.5, 0.6) is 0 Å². The molecular weight excluding hydrogens is 256 g/mol. The summed E-state index contributed by atoms with van der Waals surface area (Å²) in [5.74, 6) is -0.650. The zero-order valence-corrected chi connectivity index (χ0v) is 10.8. The van der Waals surface area contributed by atoms with Crippen LogP contribution in [0.2, 0.25) is 0 Å².